The third kappa shape index (κ3) is 4.21. The molecule has 156 valence electrons. The van der Waals surface area contributed by atoms with Gasteiger partial charge in [0.25, 0.3) is 17.7 Å². The van der Waals surface area contributed by atoms with Crippen molar-refractivity contribution in [1.82, 2.24) is 4.98 Å². The molecule has 0 atom stereocenters. The van der Waals surface area contributed by atoms with E-state index in [9.17, 15) is 14.4 Å². The first-order valence-corrected chi connectivity index (χ1v) is 10.5. The van der Waals surface area contributed by atoms with E-state index in [1.165, 1.54) is 11.3 Å². The lowest BCUT2D eigenvalue weighted by atomic mass is 10.1. The number of rotatable bonds is 5. The normalized spacial score (nSPS) is 13.7. The first-order valence-electron chi connectivity index (χ1n) is 9.28. The molecular weight excluding hydrogens is 436 g/mol. The Morgan fingerprint density at radius 3 is 2.32 bits per heavy atom. The van der Waals surface area contributed by atoms with Crippen molar-refractivity contribution in [3.8, 4) is 0 Å². The Hall–Kier alpha value is -3.49. The number of carbonyl (C=O) groups is 3. The summed E-state index contributed by atoms with van der Waals surface area (Å²) in [5.74, 6) is -1.42. The predicted octanol–water partition coefficient (Wildman–Crippen LogP) is 4.45. The van der Waals surface area contributed by atoms with Gasteiger partial charge in [-0.05, 0) is 61.4 Å². The molecule has 0 aliphatic carbocycles. The van der Waals surface area contributed by atoms with Crippen LogP contribution in [0.15, 0.2) is 64.8 Å². The summed E-state index contributed by atoms with van der Waals surface area (Å²) in [6, 6.07) is 11.9. The minimum atomic E-state index is -0.585. The van der Waals surface area contributed by atoms with Gasteiger partial charge < -0.3 is 5.32 Å². The van der Waals surface area contributed by atoms with Crippen LogP contribution in [-0.4, -0.2) is 22.7 Å². The molecule has 0 unspecified atom stereocenters. The SMILES string of the molecule is Cc1cc(C)cc(N2C(=O)C(Cl)=C(Nc3ccc(C(=O)Nc4nccs4)cc3)C2=O)c1. The molecule has 7 nitrogen and oxygen atoms in total. The lowest BCUT2D eigenvalue weighted by molar-refractivity contribution is -0.120. The maximum Gasteiger partial charge on any atom is 0.283 e. The maximum atomic E-state index is 12.9. The van der Waals surface area contributed by atoms with Crippen LogP contribution in [0.2, 0.25) is 0 Å². The van der Waals surface area contributed by atoms with Crippen molar-refractivity contribution in [1.29, 1.82) is 0 Å². The minimum absolute atomic E-state index is 0.00851. The highest BCUT2D eigenvalue weighted by atomic mass is 35.5. The summed E-state index contributed by atoms with van der Waals surface area (Å²) < 4.78 is 0. The van der Waals surface area contributed by atoms with Crippen LogP contribution in [0.5, 0.6) is 0 Å². The van der Waals surface area contributed by atoms with Gasteiger partial charge in [0.05, 0.1) is 5.69 Å². The summed E-state index contributed by atoms with van der Waals surface area (Å²) in [4.78, 5) is 42.9. The Kier molecular flexibility index (Phi) is 5.58. The second-order valence-corrected chi connectivity index (χ2v) is 8.25. The van der Waals surface area contributed by atoms with Gasteiger partial charge >= 0.3 is 0 Å². The molecule has 3 amide bonds. The average Bonchev–Trinajstić information content (AvgIpc) is 3.30. The van der Waals surface area contributed by atoms with Gasteiger partial charge in [-0.3, -0.25) is 19.7 Å². The Labute approximate surface area is 187 Å². The first-order chi connectivity index (χ1) is 14.8. The number of nitrogens with zero attached hydrogens (tertiary/aromatic N) is 2. The van der Waals surface area contributed by atoms with E-state index < -0.39 is 11.8 Å². The molecule has 1 aliphatic heterocycles. The molecule has 0 fully saturated rings. The van der Waals surface area contributed by atoms with Crippen molar-refractivity contribution < 1.29 is 14.4 Å². The van der Waals surface area contributed by atoms with Crippen LogP contribution in [0.3, 0.4) is 0 Å². The van der Waals surface area contributed by atoms with Gasteiger partial charge in [-0.15, -0.1) is 11.3 Å². The number of nitrogens with one attached hydrogen (secondary N) is 2. The van der Waals surface area contributed by atoms with Gasteiger partial charge in [-0.1, -0.05) is 17.7 Å². The van der Waals surface area contributed by atoms with Crippen molar-refractivity contribution >= 4 is 57.2 Å². The van der Waals surface area contributed by atoms with Gasteiger partial charge in [0.15, 0.2) is 5.13 Å². The summed E-state index contributed by atoms with van der Waals surface area (Å²) in [6.07, 6.45) is 1.60. The van der Waals surface area contributed by atoms with E-state index >= 15 is 0 Å². The van der Waals surface area contributed by atoms with Gasteiger partial charge in [-0.25, -0.2) is 9.88 Å². The van der Waals surface area contributed by atoms with Crippen LogP contribution in [-0.2, 0) is 9.59 Å². The molecule has 1 aromatic heterocycles. The van der Waals surface area contributed by atoms with E-state index in [4.69, 9.17) is 11.6 Å². The zero-order chi connectivity index (χ0) is 22.1. The van der Waals surface area contributed by atoms with Crippen LogP contribution in [0.1, 0.15) is 21.5 Å². The molecule has 0 saturated heterocycles. The molecule has 31 heavy (non-hydrogen) atoms. The number of hydrogen-bond acceptors (Lipinski definition) is 6. The smallest absolute Gasteiger partial charge is 0.283 e. The Morgan fingerprint density at radius 1 is 1.03 bits per heavy atom. The van der Waals surface area contributed by atoms with Crippen LogP contribution < -0.4 is 15.5 Å². The van der Waals surface area contributed by atoms with Crippen LogP contribution in [0.25, 0.3) is 0 Å². The fourth-order valence-corrected chi connectivity index (χ4v) is 3.97. The number of anilines is 3. The fraction of sp³-hybridized carbons (Fsp3) is 0.0909. The molecule has 0 bridgehead atoms. The third-order valence-electron chi connectivity index (χ3n) is 4.56. The quantitative estimate of drug-likeness (QED) is 0.558. The molecular formula is C22H17ClN4O3S. The highest BCUT2D eigenvalue weighted by molar-refractivity contribution is 7.13. The van der Waals surface area contributed by atoms with Crippen molar-refractivity contribution in [3.05, 3.63) is 81.5 Å². The van der Waals surface area contributed by atoms with Crippen LogP contribution in [0, 0.1) is 13.8 Å². The fourth-order valence-electron chi connectivity index (χ4n) is 3.23. The molecule has 0 radical (unpaired) electrons. The maximum absolute atomic E-state index is 12.9. The second-order valence-electron chi connectivity index (χ2n) is 6.97. The van der Waals surface area contributed by atoms with E-state index in [2.05, 4.69) is 15.6 Å². The average molecular weight is 453 g/mol. The van der Waals surface area contributed by atoms with E-state index in [0.717, 1.165) is 16.0 Å². The minimum Gasteiger partial charge on any atom is -0.350 e. The third-order valence-corrected chi connectivity index (χ3v) is 5.60. The van der Waals surface area contributed by atoms with E-state index in [1.54, 1.807) is 48.0 Å². The lowest BCUT2D eigenvalue weighted by Gasteiger charge is -2.16. The summed E-state index contributed by atoms with van der Waals surface area (Å²) in [7, 11) is 0. The van der Waals surface area contributed by atoms with Crippen molar-refractivity contribution in [3.63, 3.8) is 0 Å². The van der Waals surface area contributed by atoms with Crippen LogP contribution in [0.4, 0.5) is 16.5 Å². The van der Waals surface area contributed by atoms with Gasteiger partial charge in [0.1, 0.15) is 10.7 Å². The summed E-state index contributed by atoms with van der Waals surface area (Å²) >= 11 is 7.51. The molecule has 3 aromatic rings. The number of imide groups is 1. The van der Waals surface area contributed by atoms with Gasteiger partial charge in [0, 0.05) is 22.8 Å². The number of carbonyl (C=O) groups excluding carboxylic acids is 3. The van der Waals surface area contributed by atoms with Crippen molar-refractivity contribution in [2.24, 2.45) is 0 Å². The Balaban J connectivity index is 1.51. The lowest BCUT2D eigenvalue weighted by Crippen LogP contribution is -2.32. The highest BCUT2D eigenvalue weighted by Crippen LogP contribution is 2.31. The molecule has 0 spiro atoms. The van der Waals surface area contributed by atoms with Crippen LogP contribution >= 0.6 is 22.9 Å². The number of hydrogen-bond donors (Lipinski definition) is 2. The number of amides is 3. The number of benzene rings is 2. The predicted molar refractivity (Wildman–Crippen MR) is 121 cm³/mol. The molecule has 0 saturated carbocycles. The number of aryl methyl sites for hydroxylation is 2. The zero-order valence-electron chi connectivity index (χ0n) is 16.6. The molecule has 1 aliphatic rings. The van der Waals surface area contributed by atoms with E-state index in [1.807, 2.05) is 19.9 Å². The Morgan fingerprint density at radius 2 is 1.71 bits per heavy atom. The highest BCUT2D eigenvalue weighted by Gasteiger charge is 2.39. The van der Waals surface area contributed by atoms with Crippen molar-refractivity contribution in [2.75, 3.05) is 15.5 Å². The van der Waals surface area contributed by atoms with E-state index in [-0.39, 0.29) is 16.6 Å². The number of thiazole rings is 1. The standard InChI is InChI=1S/C22H17ClN4O3S/c1-12-9-13(2)11-16(10-12)27-20(29)17(23)18(21(27)30)25-15-5-3-14(4-6-15)19(28)26-22-24-7-8-31-22/h3-11,25H,1-2H3,(H,24,26,28). The Bertz CT molecular complexity index is 1200. The summed E-state index contributed by atoms with van der Waals surface area (Å²) in [5, 5.41) is 7.69. The second kappa shape index (κ2) is 8.33. The van der Waals surface area contributed by atoms with Crippen molar-refractivity contribution in [2.45, 2.75) is 13.8 Å². The molecule has 2 N–H and O–H groups in total. The molecule has 2 heterocycles. The first kappa shape index (κ1) is 20.8. The zero-order valence-corrected chi connectivity index (χ0v) is 18.2. The number of aromatic nitrogens is 1. The largest absolute Gasteiger partial charge is 0.350 e. The summed E-state index contributed by atoms with van der Waals surface area (Å²) in [6.45, 7) is 3.78. The molecule has 2 aromatic carbocycles. The monoisotopic (exact) mass is 452 g/mol. The molecule has 4 rings (SSSR count). The number of halogens is 1. The van der Waals surface area contributed by atoms with Gasteiger partial charge in [-0.2, -0.15) is 0 Å². The summed E-state index contributed by atoms with van der Waals surface area (Å²) in [5.41, 5.74) is 3.26. The topological polar surface area (TPSA) is 91.4 Å². The van der Waals surface area contributed by atoms with Gasteiger partial charge in [0.2, 0.25) is 0 Å². The molecule has 9 heteroatoms. The van der Waals surface area contributed by atoms with E-state index in [0.29, 0.717) is 22.1 Å².